The van der Waals surface area contributed by atoms with Gasteiger partial charge in [-0.05, 0) is 43.2 Å². The summed E-state index contributed by atoms with van der Waals surface area (Å²) in [7, 11) is 1.23. The van der Waals surface area contributed by atoms with Crippen LogP contribution in [0.3, 0.4) is 0 Å². The van der Waals surface area contributed by atoms with Crippen LogP contribution >= 0.6 is 0 Å². The van der Waals surface area contributed by atoms with Crippen molar-refractivity contribution in [2.75, 3.05) is 19.0 Å². The lowest BCUT2D eigenvalue weighted by atomic mass is 9.58. The molecule has 3 amide bonds. The van der Waals surface area contributed by atoms with Crippen LogP contribution in [0.25, 0.3) is 0 Å². The molecule has 2 heterocycles. The summed E-state index contributed by atoms with van der Waals surface area (Å²) in [5, 5.41) is 2.81. The number of hydrogen-bond donors (Lipinski definition) is 1. The van der Waals surface area contributed by atoms with Gasteiger partial charge in [0.1, 0.15) is 12.4 Å². The predicted octanol–water partition coefficient (Wildman–Crippen LogP) is 1.31. The van der Waals surface area contributed by atoms with E-state index in [0.717, 1.165) is 10.6 Å². The second kappa shape index (κ2) is 7.42. The number of likely N-dealkylation sites (tertiary alicyclic amines) is 1. The number of carbonyl (C=O) groups is 4. The summed E-state index contributed by atoms with van der Waals surface area (Å²) in [5.41, 5.74) is 0.811. The molecule has 0 aromatic carbocycles. The average molecular weight is 397 g/mol. The van der Waals surface area contributed by atoms with E-state index in [1.165, 1.54) is 7.11 Å². The zero-order chi connectivity index (χ0) is 20.7. The maximum absolute atomic E-state index is 12.9. The summed E-state index contributed by atoms with van der Waals surface area (Å²) >= 11 is 0. The molecule has 0 unspecified atom stereocenters. The lowest BCUT2D eigenvalue weighted by Crippen LogP contribution is -2.44. The van der Waals surface area contributed by atoms with Crippen molar-refractivity contribution in [2.24, 2.45) is 29.6 Å². The molecule has 1 aromatic rings. The van der Waals surface area contributed by atoms with Gasteiger partial charge in [0.05, 0.1) is 18.9 Å². The molecule has 1 saturated heterocycles. The number of methoxy groups -OCH3 is 1. The van der Waals surface area contributed by atoms with Crippen LogP contribution in [-0.4, -0.2) is 47.2 Å². The molecular formula is C21H23N3O5. The minimum atomic E-state index is -0.618. The largest absolute Gasteiger partial charge is 0.468 e. The molecule has 5 atom stereocenters. The zero-order valence-corrected chi connectivity index (χ0v) is 16.3. The molecule has 3 aliphatic carbocycles. The first kappa shape index (κ1) is 19.3. The Morgan fingerprint density at radius 3 is 2.69 bits per heavy atom. The van der Waals surface area contributed by atoms with Gasteiger partial charge in [0.25, 0.3) is 0 Å². The molecule has 1 saturated carbocycles. The van der Waals surface area contributed by atoms with Gasteiger partial charge in [0.2, 0.25) is 17.7 Å². The van der Waals surface area contributed by atoms with Crippen LogP contribution in [0.2, 0.25) is 0 Å². The van der Waals surface area contributed by atoms with Gasteiger partial charge in [0, 0.05) is 12.1 Å². The first-order valence-electron chi connectivity index (χ1n) is 9.73. The van der Waals surface area contributed by atoms with Crippen molar-refractivity contribution in [1.29, 1.82) is 0 Å². The second-order valence-corrected chi connectivity index (χ2v) is 7.93. The highest BCUT2D eigenvalue weighted by Gasteiger charge is 2.59. The molecule has 2 fully saturated rings. The van der Waals surface area contributed by atoms with E-state index in [2.05, 4.69) is 15.0 Å². The van der Waals surface area contributed by atoms with Crippen LogP contribution in [0, 0.1) is 36.5 Å². The molecule has 8 nitrogen and oxygen atoms in total. The van der Waals surface area contributed by atoms with Gasteiger partial charge < -0.3 is 10.1 Å². The SMILES string of the molecule is COC(=O)CN1C(=O)[C@H]2[C@H]3C=C[C@H](C[C@H]3CC(=O)Nc3cccc(C)n3)[C@H]2C1=O. The summed E-state index contributed by atoms with van der Waals surface area (Å²) < 4.78 is 4.61. The smallest absolute Gasteiger partial charge is 0.325 e. The molecule has 0 radical (unpaired) electrons. The number of nitrogens with zero attached hydrogens (tertiary/aromatic N) is 2. The first-order valence-corrected chi connectivity index (χ1v) is 9.73. The summed E-state index contributed by atoms with van der Waals surface area (Å²) in [6.07, 6.45) is 4.87. The number of aromatic nitrogens is 1. The van der Waals surface area contributed by atoms with Crippen molar-refractivity contribution in [3.63, 3.8) is 0 Å². The normalized spacial score (nSPS) is 29.7. The first-order chi connectivity index (χ1) is 13.9. The number of hydrogen-bond acceptors (Lipinski definition) is 6. The van der Waals surface area contributed by atoms with Crippen LogP contribution in [0.1, 0.15) is 18.5 Å². The average Bonchev–Trinajstić information content (AvgIpc) is 2.95. The number of nitrogens with one attached hydrogen (secondary N) is 1. The Kier molecular flexibility index (Phi) is 4.94. The fourth-order valence-electron chi connectivity index (χ4n) is 4.94. The molecule has 152 valence electrons. The number of imide groups is 1. The van der Waals surface area contributed by atoms with Gasteiger partial charge in [0.15, 0.2) is 0 Å². The maximum Gasteiger partial charge on any atom is 0.325 e. The summed E-state index contributed by atoms with van der Waals surface area (Å²) in [6, 6.07) is 5.41. The Balaban J connectivity index is 1.47. The number of aryl methyl sites for hydroxylation is 1. The fraction of sp³-hybridized carbons (Fsp3) is 0.476. The van der Waals surface area contributed by atoms with Crippen LogP contribution in [0.15, 0.2) is 30.4 Å². The van der Waals surface area contributed by atoms with Crippen molar-refractivity contribution in [1.82, 2.24) is 9.88 Å². The van der Waals surface area contributed by atoms with Crippen molar-refractivity contribution >= 4 is 29.5 Å². The summed E-state index contributed by atoms with van der Waals surface area (Å²) in [4.78, 5) is 55.1. The standard InChI is InChI=1S/C21H23N3O5/c1-11-4-3-5-15(22-11)23-16(25)9-13-8-12-6-7-14(13)19-18(12)20(27)24(21(19)28)10-17(26)29-2/h3-7,12-14,18-19H,8-10H2,1-2H3,(H,22,23,25)/t12-,13+,14+,18-,19+/m1/s1. The number of amides is 3. The van der Waals surface area contributed by atoms with Crippen LogP contribution in [-0.2, 0) is 23.9 Å². The van der Waals surface area contributed by atoms with E-state index in [9.17, 15) is 19.2 Å². The number of anilines is 1. The van der Waals surface area contributed by atoms with Gasteiger partial charge in [-0.2, -0.15) is 0 Å². The highest BCUT2D eigenvalue weighted by atomic mass is 16.5. The Labute approximate surface area is 168 Å². The number of allylic oxidation sites excluding steroid dienone is 2. The monoisotopic (exact) mass is 397 g/mol. The lowest BCUT2D eigenvalue weighted by Gasteiger charge is -2.43. The van der Waals surface area contributed by atoms with E-state index in [1.54, 1.807) is 6.07 Å². The van der Waals surface area contributed by atoms with Gasteiger partial charge in [-0.15, -0.1) is 0 Å². The van der Waals surface area contributed by atoms with Crippen molar-refractivity contribution in [2.45, 2.75) is 19.8 Å². The number of carbonyl (C=O) groups excluding carboxylic acids is 4. The molecular weight excluding hydrogens is 374 g/mol. The number of esters is 1. The molecule has 1 N–H and O–H groups in total. The minimum Gasteiger partial charge on any atom is -0.468 e. The third kappa shape index (κ3) is 3.43. The minimum absolute atomic E-state index is 0.0362. The van der Waals surface area contributed by atoms with Gasteiger partial charge in [-0.3, -0.25) is 24.1 Å². The van der Waals surface area contributed by atoms with E-state index >= 15 is 0 Å². The molecule has 8 heteroatoms. The number of pyridine rings is 1. The van der Waals surface area contributed by atoms with E-state index in [0.29, 0.717) is 12.2 Å². The van der Waals surface area contributed by atoms with Crippen molar-refractivity contribution < 1.29 is 23.9 Å². The summed E-state index contributed by atoms with van der Waals surface area (Å²) in [5.74, 6) is -2.20. The van der Waals surface area contributed by atoms with Crippen LogP contribution in [0.5, 0.6) is 0 Å². The Morgan fingerprint density at radius 2 is 1.97 bits per heavy atom. The summed E-state index contributed by atoms with van der Waals surface area (Å²) in [6.45, 7) is 1.49. The lowest BCUT2D eigenvalue weighted by molar-refractivity contribution is -0.151. The maximum atomic E-state index is 12.9. The van der Waals surface area contributed by atoms with Crippen molar-refractivity contribution in [3.8, 4) is 0 Å². The Hall–Kier alpha value is -3.03. The van der Waals surface area contributed by atoms with Crippen LogP contribution < -0.4 is 5.32 Å². The van der Waals surface area contributed by atoms with E-state index in [4.69, 9.17) is 0 Å². The highest BCUT2D eigenvalue weighted by Crippen LogP contribution is 2.53. The predicted molar refractivity (Wildman–Crippen MR) is 102 cm³/mol. The van der Waals surface area contributed by atoms with Gasteiger partial charge in [-0.1, -0.05) is 18.2 Å². The molecule has 1 aliphatic heterocycles. The number of ether oxygens (including phenoxy) is 1. The van der Waals surface area contributed by atoms with Crippen LogP contribution in [0.4, 0.5) is 5.82 Å². The third-order valence-electron chi connectivity index (χ3n) is 6.18. The Bertz CT molecular complexity index is 911. The number of rotatable bonds is 5. The quantitative estimate of drug-likeness (QED) is 0.456. The van der Waals surface area contributed by atoms with Gasteiger partial charge in [-0.25, -0.2) is 4.98 Å². The molecule has 4 aliphatic rings. The molecule has 2 bridgehead atoms. The van der Waals surface area contributed by atoms with Gasteiger partial charge >= 0.3 is 5.97 Å². The van der Waals surface area contributed by atoms with E-state index < -0.39 is 17.8 Å². The molecule has 0 spiro atoms. The Morgan fingerprint density at radius 1 is 1.21 bits per heavy atom. The molecule has 5 rings (SSSR count). The molecule has 29 heavy (non-hydrogen) atoms. The van der Waals surface area contributed by atoms with Crippen molar-refractivity contribution in [3.05, 3.63) is 36.0 Å². The fourth-order valence-corrected chi connectivity index (χ4v) is 4.94. The third-order valence-corrected chi connectivity index (χ3v) is 6.18. The second-order valence-electron chi connectivity index (χ2n) is 7.93. The highest BCUT2D eigenvalue weighted by molar-refractivity contribution is 6.07. The topological polar surface area (TPSA) is 106 Å². The number of fused-ring (bicyclic) bond motifs is 1. The molecule has 1 aromatic heterocycles. The van der Waals surface area contributed by atoms with E-state index in [-0.39, 0.29) is 48.4 Å². The van der Waals surface area contributed by atoms with E-state index in [1.807, 2.05) is 31.2 Å². The zero-order valence-electron chi connectivity index (χ0n) is 16.3.